The Kier molecular flexibility index (Phi) is 2.20. The van der Waals surface area contributed by atoms with Gasteiger partial charge in [0.2, 0.25) is 6.79 Å². The number of fused-ring (bicyclic) bond motifs is 1. The van der Waals surface area contributed by atoms with Crippen molar-refractivity contribution in [3.05, 3.63) is 22.2 Å². The van der Waals surface area contributed by atoms with Crippen molar-refractivity contribution in [1.82, 2.24) is 0 Å². The lowest BCUT2D eigenvalue weighted by Crippen LogP contribution is -2.15. The first-order valence-corrected chi connectivity index (χ1v) is 5.10. The van der Waals surface area contributed by atoms with Gasteiger partial charge in [0.1, 0.15) is 0 Å². The summed E-state index contributed by atoms with van der Waals surface area (Å²) in [7, 11) is 0. The summed E-state index contributed by atoms with van der Waals surface area (Å²) >= 11 is 3.37. The Morgan fingerprint density at radius 3 is 2.71 bits per heavy atom. The SMILES string of the molecule is CC(C)(O)c1cc(Br)c2c(c1)OCO2. The van der Waals surface area contributed by atoms with Crippen LogP contribution in [0.4, 0.5) is 0 Å². The van der Waals surface area contributed by atoms with Gasteiger partial charge in [0, 0.05) is 0 Å². The predicted octanol–water partition coefficient (Wildman–Crippen LogP) is 2.41. The van der Waals surface area contributed by atoms with E-state index in [1.54, 1.807) is 19.9 Å². The molecular weight excluding hydrogens is 248 g/mol. The molecule has 1 heterocycles. The molecule has 1 aromatic rings. The van der Waals surface area contributed by atoms with Crippen LogP contribution in [-0.2, 0) is 5.60 Å². The molecule has 0 aliphatic carbocycles. The summed E-state index contributed by atoms with van der Waals surface area (Å²) in [6.45, 7) is 3.71. The number of benzene rings is 1. The van der Waals surface area contributed by atoms with Gasteiger partial charge in [-0.2, -0.15) is 0 Å². The molecule has 3 nitrogen and oxygen atoms in total. The minimum absolute atomic E-state index is 0.239. The molecule has 1 aromatic carbocycles. The van der Waals surface area contributed by atoms with E-state index < -0.39 is 5.60 Å². The molecule has 14 heavy (non-hydrogen) atoms. The first kappa shape index (κ1) is 9.80. The monoisotopic (exact) mass is 258 g/mol. The molecule has 0 radical (unpaired) electrons. The second kappa shape index (κ2) is 3.14. The molecule has 0 saturated carbocycles. The average Bonchev–Trinajstić information content (AvgIpc) is 2.50. The molecule has 4 heteroatoms. The summed E-state index contributed by atoms with van der Waals surface area (Å²) in [5, 5.41) is 9.83. The first-order chi connectivity index (χ1) is 6.48. The Bertz CT molecular complexity index is 368. The van der Waals surface area contributed by atoms with E-state index in [-0.39, 0.29) is 6.79 Å². The number of rotatable bonds is 1. The van der Waals surface area contributed by atoms with Crippen LogP contribution in [0.15, 0.2) is 16.6 Å². The van der Waals surface area contributed by atoms with Crippen molar-refractivity contribution in [2.45, 2.75) is 19.4 Å². The van der Waals surface area contributed by atoms with Gasteiger partial charge in [0.05, 0.1) is 10.1 Å². The zero-order valence-electron chi connectivity index (χ0n) is 8.00. The standard InChI is InChI=1S/C10H11BrO3/c1-10(2,12)6-3-7(11)9-8(4-6)13-5-14-9/h3-4,12H,5H2,1-2H3. The van der Waals surface area contributed by atoms with Crippen LogP contribution < -0.4 is 9.47 Å². The summed E-state index contributed by atoms with van der Waals surface area (Å²) in [6, 6.07) is 3.64. The molecule has 0 unspecified atom stereocenters. The van der Waals surface area contributed by atoms with Crippen molar-refractivity contribution in [2.24, 2.45) is 0 Å². The van der Waals surface area contributed by atoms with Gasteiger partial charge in [-0.05, 0) is 47.5 Å². The molecule has 1 aliphatic rings. The normalized spacial score (nSPS) is 14.6. The Balaban J connectivity index is 2.52. The molecule has 1 N–H and O–H groups in total. The van der Waals surface area contributed by atoms with E-state index in [1.165, 1.54) is 0 Å². The highest BCUT2D eigenvalue weighted by Gasteiger charge is 2.23. The molecule has 1 aliphatic heterocycles. The predicted molar refractivity (Wildman–Crippen MR) is 55.5 cm³/mol. The van der Waals surface area contributed by atoms with Crippen LogP contribution in [0.5, 0.6) is 11.5 Å². The number of halogens is 1. The summed E-state index contributed by atoms with van der Waals surface area (Å²) in [5.74, 6) is 1.38. The second-order valence-electron chi connectivity index (χ2n) is 3.75. The molecule has 76 valence electrons. The molecule has 0 saturated heterocycles. The third-order valence-corrected chi connectivity index (χ3v) is 2.72. The first-order valence-electron chi connectivity index (χ1n) is 4.30. The topological polar surface area (TPSA) is 38.7 Å². The molecule has 0 amide bonds. The van der Waals surface area contributed by atoms with Gasteiger partial charge in [-0.25, -0.2) is 0 Å². The van der Waals surface area contributed by atoms with Crippen molar-refractivity contribution in [1.29, 1.82) is 0 Å². The van der Waals surface area contributed by atoms with Gasteiger partial charge in [0.15, 0.2) is 11.5 Å². The van der Waals surface area contributed by atoms with Crippen molar-refractivity contribution in [3.63, 3.8) is 0 Å². The highest BCUT2D eigenvalue weighted by molar-refractivity contribution is 9.10. The van der Waals surface area contributed by atoms with Crippen molar-refractivity contribution in [3.8, 4) is 11.5 Å². The van der Waals surface area contributed by atoms with Crippen LogP contribution in [0.3, 0.4) is 0 Å². The summed E-state index contributed by atoms with van der Waals surface area (Å²) in [4.78, 5) is 0. The Morgan fingerprint density at radius 2 is 2.07 bits per heavy atom. The molecule has 0 fully saturated rings. The van der Waals surface area contributed by atoms with E-state index >= 15 is 0 Å². The van der Waals surface area contributed by atoms with Crippen LogP contribution in [0.25, 0.3) is 0 Å². The van der Waals surface area contributed by atoms with Crippen molar-refractivity contribution >= 4 is 15.9 Å². The average molecular weight is 259 g/mol. The summed E-state index contributed by atoms with van der Waals surface area (Å²) in [6.07, 6.45) is 0. The lowest BCUT2D eigenvalue weighted by molar-refractivity contribution is 0.0782. The molecule has 0 spiro atoms. The summed E-state index contributed by atoms with van der Waals surface area (Å²) in [5.41, 5.74) is -0.0719. The smallest absolute Gasteiger partial charge is 0.231 e. The molecule has 0 atom stereocenters. The molecular formula is C10H11BrO3. The van der Waals surface area contributed by atoms with Crippen LogP contribution in [-0.4, -0.2) is 11.9 Å². The molecule has 0 bridgehead atoms. The van der Waals surface area contributed by atoms with Gasteiger partial charge < -0.3 is 14.6 Å². The highest BCUT2D eigenvalue weighted by Crippen LogP contribution is 2.41. The summed E-state index contributed by atoms with van der Waals surface area (Å²) < 4.78 is 11.3. The Labute approximate surface area is 90.8 Å². The maximum Gasteiger partial charge on any atom is 0.231 e. The van der Waals surface area contributed by atoms with Crippen molar-refractivity contribution in [2.75, 3.05) is 6.79 Å². The van der Waals surface area contributed by atoms with Gasteiger partial charge in [-0.3, -0.25) is 0 Å². The minimum Gasteiger partial charge on any atom is -0.454 e. The van der Waals surface area contributed by atoms with E-state index in [9.17, 15) is 5.11 Å². The lowest BCUT2D eigenvalue weighted by Gasteiger charge is -2.18. The number of aliphatic hydroxyl groups is 1. The minimum atomic E-state index is -0.872. The third kappa shape index (κ3) is 1.60. The zero-order chi connectivity index (χ0) is 10.3. The maximum atomic E-state index is 9.83. The third-order valence-electron chi connectivity index (χ3n) is 2.13. The number of ether oxygens (including phenoxy) is 2. The fraction of sp³-hybridized carbons (Fsp3) is 0.400. The Morgan fingerprint density at radius 1 is 1.36 bits per heavy atom. The lowest BCUT2D eigenvalue weighted by atomic mass is 9.98. The van der Waals surface area contributed by atoms with E-state index in [4.69, 9.17) is 9.47 Å². The van der Waals surface area contributed by atoms with Crippen LogP contribution in [0, 0.1) is 0 Å². The van der Waals surface area contributed by atoms with Gasteiger partial charge in [0.25, 0.3) is 0 Å². The number of hydrogen-bond donors (Lipinski definition) is 1. The quantitative estimate of drug-likeness (QED) is 0.841. The van der Waals surface area contributed by atoms with Gasteiger partial charge >= 0.3 is 0 Å². The van der Waals surface area contributed by atoms with Crippen LogP contribution in [0.1, 0.15) is 19.4 Å². The van der Waals surface area contributed by atoms with Gasteiger partial charge in [-0.1, -0.05) is 0 Å². The Hall–Kier alpha value is -0.740. The van der Waals surface area contributed by atoms with E-state index in [0.29, 0.717) is 11.5 Å². The van der Waals surface area contributed by atoms with Crippen LogP contribution in [0.2, 0.25) is 0 Å². The fourth-order valence-electron chi connectivity index (χ4n) is 1.32. The molecule has 0 aromatic heterocycles. The second-order valence-corrected chi connectivity index (χ2v) is 4.61. The van der Waals surface area contributed by atoms with Gasteiger partial charge in [-0.15, -0.1) is 0 Å². The van der Waals surface area contributed by atoms with Crippen molar-refractivity contribution < 1.29 is 14.6 Å². The fourth-order valence-corrected chi connectivity index (χ4v) is 1.88. The number of hydrogen-bond acceptors (Lipinski definition) is 3. The maximum absolute atomic E-state index is 9.83. The zero-order valence-corrected chi connectivity index (χ0v) is 9.59. The molecule has 2 rings (SSSR count). The highest BCUT2D eigenvalue weighted by atomic mass is 79.9. The van der Waals surface area contributed by atoms with E-state index in [2.05, 4.69) is 15.9 Å². The van der Waals surface area contributed by atoms with E-state index in [1.807, 2.05) is 6.07 Å². The van der Waals surface area contributed by atoms with E-state index in [0.717, 1.165) is 10.0 Å². The largest absolute Gasteiger partial charge is 0.454 e. The van der Waals surface area contributed by atoms with Crippen LogP contribution >= 0.6 is 15.9 Å².